The van der Waals surface area contributed by atoms with Gasteiger partial charge in [-0.3, -0.25) is 0 Å². The number of thiophene rings is 1. The first kappa shape index (κ1) is 13.9. The minimum Gasteiger partial charge on any atom is -0.368 e. The predicted molar refractivity (Wildman–Crippen MR) is 85.8 cm³/mol. The maximum atomic E-state index is 5.88. The average Bonchev–Trinajstić information content (AvgIpc) is 3.11. The Hall–Kier alpha value is -2.10. The number of imidazole rings is 1. The van der Waals surface area contributed by atoms with Crippen LogP contribution in [0.1, 0.15) is 24.0 Å². The van der Waals surface area contributed by atoms with Gasteiger partial charge in [0.15, 0.2) is 11.5 Å². The molecule has 0 amide bonds. The normalized spacial score (nSPS) is 10.4. The molecule has 0 spiro atoms. The fourth-order valence-corrected chi connectivity index (χ4v) is 2.66. The Kier molecular flexibility index (Phi) is 4.04. The third-order valence-electron chi connectivity index (χ3n) is 2.70. The van der Waals surface area contributed by atoms with E-state index < -0.39 is 0 Å². The summed E-state index contributed by atoms with van der Waals surface area (Å²) in [6.07, 6.45) is 2.61. The van der Waals surface area contributed by atoms with Crippen molar-refractivity contribution < 1.29 is 0 Å². The van der Waals surface area contributed by atoms with Gasteiger partial charge in [0.2, 0.25) is 5.82 Å². The quantitative estimate of drug-likeness (QED) is 0.727. The highest BCUT2D eigenvalue weighted by molar-refractivity contribution is 7.16. The Morgan fingerprint density at radius 1 is 1.33 bits per heavy atom. The van der Waals surface area contributed by atoms with Crippen molar-refractivity contribution in [3.63, 3.8) is 0 Å². The molecule has 0 bridgehead atoms. The van der Waals surface area contributed by atoms with Crippen molar-refractivity contribution in [1.82, 2.24) is 19.9 Å². The van der Waals surface area contributed by atoms with Gasteiger partial charge in [-0.1, -0.05) is 18.5 Å². The van der Waals surface area contributed by atoms with Gasteiger partial charge in [-0.2, -0.15) is 4.98 Å². The van der Waals surface area contributed by atoms with Gasteiger partial charge in [0, 0.05) is 6.54 Å². The second-order valence-corrected chi connectivity index (χ2v) is 5.99. The number of H-pyrrole nitrogens is 1. The summed E-state index contributed by atoms with van der Waals surface area (Å²) in [5, 5.41) is 3.26. The average molecular weight is 318 g/mol. The Morgan fingerprint density at radius 3 is 3.00 bits per heavy atom. The SMILES string of the molecule is CCCNc1nc(C#Cc2ccc(Cl)s2)nc2nc[nH]c12. The Morgan fingerprint density at radius 2 is 2.24 bits per heavy atom. The molecule has 2 N–H and O–H groups in total. The summed E-state index contributed by atoms with van der Waals surface area (Å²) in [6.45, 7) is 2.93. The monoisotopic (exact) mass is 317 g/mol. The van der Waals surface area contributed by atoms with Crippen LogP contribution >= 0.6 is 22.9 Å². The van der Waals surface area contributed by atoms with E-state index in [1.165, 1.54) is 11.3 Å². The molecular weight excluding hydrogens is 306 g/mol. The highest BCUT2D eigenvalue weighted by atomic mass is 35.5. The molecule has 0 atom stereocenters. The number of aromatic amines is 1. The molecular formula is C14H12ClN5S. The molecule has 3 aromatic rings. The van der Waals surface area contributed by atoms with Crippen molar-refractivity contribution >= 4 is 39.9 Å². The lowest BCUT2D eigenvalue weighted by Gasteiger charge is -2.04. The van der Waals surface area contributed by atoms with E-state index in [-0.39, 0.29) is 0 Å². The third kappa shape index (κ3) is 3.15. The molecule has 3 aromatic heterocycles. The van der Waals surface area contributed by atoms with Gasteiger partial charge in [-0.15, -0.1) is 11.3 Å². The largest absolute Gasteiger partial charge is 0.368 e. The number of hydrogen-bond donors (Lipinski definition) is 2. The topological polar surface area (TPSA) is 66.5 Å². The number of fused-ring (bicyclic) bond motifs is 1. The van der Waals surface area contributed by atoms with Gasteiger partial charge in [-0.05, 0) is 30.4 Å². The molecule has 0 unspecified atom stereocenters. The van der Waals surface area contributed by atoms with Gasteiger partial charge in [0.1, 0.15) is 5.52 Å². The van der Waals surface area contributed by atoms with Crippen LogP contribution in [-0.4, -0.2) is 26.5 Å². The molecule has 0 saturated carbocycles. The van der Waals surface area contributed by atoms with Gasteiger partial charge in [-0.25, -0.2) is 9.97 Å². The van der Waals surface area contributed by atoms with Gasteiger partial charge < -0.3 is 10.3 Å². The molecule has 106 valence electrons. The van der Waals surface area contributed by atoms with Gasteiger partial charge in [0.05, 0.1) is 15.5 Å². The summed E-state index contributed by atoms with van der Waals surface area (Å²) < 4.78 is 0.716. The minimum absolute atomic E-state index is 0.442. The maximum absolute atomic E-state index is 5.88. The molecule has 0 saturated heterocycles. The standard InChI is InChI=1S/C14H12ClN5S/c1-2-7-16-13-12-14(18-8-17-12)20-11(19-13)6-4-9-3-5-10(15)21-9/h3,5,8H,2,7H2,1H3,(H2,16,17,18,19,20). The zero-order valence-electron chi connectivity index (χ0n) is 11.3. The van der Waals surface area contributed by atoms with Crippen molar-refractivity contribution in [2.75, 3.05) is 11.9 Å². The fourth-order valence-electron chi connectivity index (χ4n) is 1.76. The van der Waals surface area contributed by atoms with E-state index in [2.05, 4.69) is 44.0 Å². The molecule has 0 aliphatic heterocycles. The van der Waals surface area contributed by atoms with E-state index in [0.29, 0.717) is 15.8 Å². The van der Waals surface area contributed by atoms with E-state index in [4.69, 9.17) is 11.6 Å². The molecule has 0 aromatic carbocycles. The van der Waals surface area contributed by atoms with Crippen LogP contribution in [0.25, 0.3) is 11.2 Å². The summed E-state index contributed by atoms with van der Waals surface area (Å²) in [5.74, 6) is 7.15. The van der Waals surface area contributed by atoms with Crippen molar-refractivity contribution in [3.05, 3.63) is 33.5 Å². The molecule has 7 heteroatoms. The molecule has 3 rings (SSSR count). The van der Waals surface area contributed by atoms with Crippen molar-refractivity contribution in [2.45, 2.75) is 13.3 Å². The first-order valence-corrected chi connectivity index (χ1v) is 7.68. The Labute approximate surface area is 130 Å². The first-order valence-electron chi connectivity index (χ1n) is 6.48. The number of anilines is 1. The molecule has 0 fully saturated rings. The number of halogens is 1. The van der Waals surface area contributed by atoms with E-state index in [1.54, 1.807) is 6.33 Å². The van der Waals surface area contributed by atoms with Crippen LogP contribution in [0.3, 0.4) is 0 Å². The number of aromatic nitrogens is 4. The summed E-state index contributed by atoms with van der Waals surface area (Å²) in [7, 11) is 0. The van der Waals surface area contributed by atoms with Crippen molar-refractivity contribution in [1.29, 1.82) is 0 Å². The summed E-state index contributed by atoms with van der Waals surface area (Å²) in [6, 6.07) is 3.70. The highest BCUT2D eigenvalue weighted by Gasteiger charge is 2.08. The van der Waals surface area contributed by atoms with Crippen molar-refractivity contribution in [2.24, 2.45) is 0 Å². The number of hydrogen-bond acceptors (Lipinski definition) is 5. The molecule has 0 aliphatic carbocycles. The first-order chi connectivity index (χ1) is 10.3. The predicted octanol–water partition coefficient (Wildman–Crippen LogP) is 3.29. The summed E-state index contributed by atoms with van der Waals surface area (Å²) in [4.78, 5) is 16.9. The van der Waals surface area contributed by atoms with E-state index in [0.717, 1.165) is 29.2 Å². The Balaban J connectivity index is 1.97. The van der Waals surface area contributed by atoms with Gasteiger partial charge in [0.25, 0.3) is 0 Å². The third-order valence-corrected chi connectivity index (χ3v) is 3.85. The lowest BCUT2D eigenvalue weighted by Crippen LogP contribution is -2.05. The molecule has 21 heavy (non-hydrogen) atoms. The van der Waals surface area contributed by atoms with E-state index in [1.807, 2.05) is 12.1 Å². The fraction of sp³-hybridized carbons (Fsp3) is 0.214. The van der Waals surface area contributed by atoms with Crippen LogP contribution in [0.2, 0.25) is 4.34 Å². The number of nitrogens with one attached hydrogen (secondary N) is 2. The lowest BCUT2D eigenvalue weighted by atomic mass is 10.4. The van der Waals surface area contributed by atoms with E-state index >= 15 is 0 Å². The minimum atomic E-state index is 0.442. The molecule has 3 heterocycles. The Bertz CT molecular complexity index is 827. The van der Waals surface area contributed by atoms with E-state index in [9.17, 15) is 0 Å². The molecule has 0 aliphatic rings. The number of nitrogens with zero attached hydrogens (tertiary/aromatic N) is 3. The highest BCUT2D eigenvalue weighted by Crippen LogP contribution is 2.20. The smallest absolute Gasteiger partial charge is 0.209 e. The van der Waals surface area contributed by atoms with Crippen LogP contribution in [0, 0.1) is 11.8 Å². The van der Waals surface area contributed by atoms with Crippen molar-refractivity contribution in [3.8, 4) is 11.8 Å². The molecule has 5 nitrogen and oxygen atoms in total. The lowest BCUT2D eigenvalue weighted by molar-refractivity contribution is 0.966. The second kappa shape index (κ2) is 6.12. The molecule has 0 radical (unpaired) electrons. The zero-order chi connectivity index (χ0) is 14.7. The zero-order valence-corrected chi connectivity index (χ0v) is 12.8. The summed E-state index contributed by atoms with van der Waals surface area (Å²) in [5.41, 5.74) is 1.41. The van der Waals surface area contributed by atoms with Crippen LogP contribution in [-0.2, 0) is 0 Å². The van der Waals surface area contributed by atoms with Gasteiger partial charge >= 0.3 is 0 Å². The summed E-state index contributed by atoms with van der Waals surface area (Å²) >= 11 is 7.31. The van der Waals surface area contributed by atoms with Crippen LogP contribution in [0.15, 0.2) is 18.5 Å². The van der Waals surface area contributed by atoms with Crippen LogP contribution in [0.4, 0.5) is 5.82 Å². The van der Waals surface area contributed by atoms with Crippen LogP contribution in [0.5, 0.6) is 0 Å². The second-order valence-electron chi connectivity index (χ2n) is 4.28. The number of rotatable bonds is 3. The van der Waals surface area contributed by atoms with Crippen LogP contribution < -0.4 is 5.32 Å². The maximum Gasteiger partial charge on any atom is 0.209 e.